The molecule has 44 heavy (non-hydrogen) atoms. The first-order chi connectivity index (χ1) is 21.0. The van der Waals surface area contributed by atoms with Crippen molar-refractivity contribution in [2.24, 2.45) is 0 Å². The van der Waals surface area contributed by atoms with Crippen LogP contribution in [-0.2, 0) is 18.4 Å². The number of likely N-dealkylation sites (N-methyl/N-ethyl adjacent to an activating group) is 1. The number of phosphoric acid groups is 1. The van der Waals surface area contributed by atoms with E-state index in [0.717, 1.165) is 57.8 Å². The number of hydrogen-bond acceptors (Lipinski definition) is 5. The number of nitrogens with zero attached hydrogens (tertiary/aromatic N) is 1. The van der Waals surface area contributed by atoms with Crippen molar-refractivity contribution in [3.8, 4) is 0 Å². The number of allylic oxidation sites excluding steroid dienone is 4. The van der Waals surface area contributed by atoms with Crippen LogP contribution in [0.25, 0.3) is 0 Å². The predicted molar refractivity (Wildman–Crippen MR) is 185 cm³/mol. The molecule has 0 spiro atoms. The maximum Gasteiger partial charge on any atom is 0.472 e. The summed E-state index contributed by atoms with van der Waals surface area (Å²) >= 11 is 0. The Balaban J connectivity index is 4.21. The Hall–Kier alpha value is -1.02. The molecule has 0 saturated carbocycles. The van der Waals surface area contributed by atoms with Gasteiger partial charge in [-0.15, -0.1) is 0 Å². The van der Waals surface area contributed by atoms with Gasteiger partial charge in [-0.25, -0.2) is 4.57 Å². The topological polar surface area (TPSA) is 105 Å². The molecule has 1 amide bonds. The van der Waals surface area contributed by atoms with E-state index in [-0.39, 0.29) is 19.1 Å². The molecule has 3 N–H and O–H groups in total. The average molecular weight is 646 g/mol. The van der Waals surface area contributed by atoms with Crippen molar-refractivity contribution in [2.45, 2.75) is 154 Å². The van der Waals surface area contributed by atoms with E-state index in [2.05, 4.69) is 43.5 Å². The van der Waals surface area contributed by atoms with E-state index in [9.17, 15) is 19.4 Å². The molecule has 0 rings (SSSR count). The number of carbonyl (C=O) groups excluding carboxylic acids is 1. The first-order valence-electron chi connectivity index (χ1n) is 17.7. The van der Waals surface area contributed by atoms with Gasteiger partial charge in [-0.05, 0) is 44.9 Å². The van der Waals surface area contributed by atoms with Crippen LogP contribution in [0.4, 0.5) is 0 Å². The number of unbranched alkanes of at least 4 members (excludes halogenated alkanes) is 14. The smallest absolute Gasteiger partial charge is 0.391 e. The van der Waals surface area contributed by atoms with Crippen LogP contribution in [0.2, 0.25) is 0 Å². The number of aliphatic hydroxyl groups is 1. The maximum atomic E-state index is 12.7. The zero-order valence-electron chi connectivity index (χ0n) is 29.1. The van der Waals surface area contributed by atoms with E-state index in [0.29, 0.717) is 23.9 Å². The standard InChI is InChI=1S/C35H69N2O6P/c1-6-8-10-12-13-14-15-16-17-18-19-20-21-22-23-24-25-27-29-35(39)36-33(34(38)28-26-11-9-7-2)32-43-44(40,41)42-31-30-37(3,4)5/h14-15,17-18,33-34,38H,6-13,16,19-32H2,1-5H3,(H-,36,39,40,41)/p+1/b15-14-,18-17-. The Morgan fingerprint density at radius 3 is 1.86 bits per heavy atom. The molecule has 0 aliphatic carbocycles. The zero-order valence-corrected chi connectivity index (χ0v) is 30.0. The van der Waals surface area contributed by atoms with Gasteiger partial charge in [-0.2, -0.15) is 0 Å². The molecule has 8 nitrogen and oxygen atoms in total. The molecule has 0 aliphatic heterocycles. The van der Waals surface area contributed by atoms with Crippen LogP contribution in [0.1, 0.15) is 142 Å². The normalized spacial score (nSPS) is 15.2. The molecule has 3 atom stereocenters. The van der Waals surface area contributed by atoms with Crippen LogP contribution in [0.15, 0.2) is 24.3 Å². The number of hydrogen-bond donors (Lipinski definition) is 3. The molecule has 0 saturated heterocycles. The molecule has 9 heteroatoms. The maximum absolute atomic E-state index is 12.7. The number of quaternary nitrogens is 1. The summed E-state index contributed by atoms with van der Waals surface area (Å²) in [6.45, 7) is 4.71. The fourth-order valence-corrected chi connectivity index (χ4v) is 5.51. The van der Waals surface area contributed by atoms with E-state index in [4.69, 9.17) is 9.05 Å². The quantitative estimate of drug-likeness (QED) is 0.0302. The van der Waals surface area contributed by atoms with Crippen LogP contribution < -0.4 is 5.32 Å². The van der Waals surface area contributed by atoms with Gasteiger partial charge in [-0.1, -0.05) is 115 Å². The molecule has 0 heterocycles. The van der Waals surface area contributed by atoms with Crippen molar-refractivity contribution in [1.29, 1.82) is 0 Å². The van der Waals surface area contributed by atoms with Crippen LogP contribution in [0, 0.1) is 0 Å². The second kappa shape index (κ2) is 28.2. The van der Waals surface area contributed by atoms with Crippen molar-refractivity contribution in [3.63, 3.8) is 0 Å². The monoisotopic (exact) mass is 645 g/mol. The first kappa shape index (κ1) is 43.0. The number of amides is 1. The van der Waals surface area contributed by atoms with E-state index in [1.807, 2.05) is 21.1 Å². The SMILES string of the molecule is CCCCCC/C=C\C/C=C\CCCCCCCCCC(=O)NC(COP(=O)(O)OCC[N+](C)(C)C)C(O)CCCCCC. The van der Waals surface area contributed by atoms with Gasteiger partial charge in [0, 0.05) is 6.42 Å². The highest BCUT2D eigenvalue weighted by Crippen LogP contribution is 2.43. The molecular formula is C35H70N2O6P+. The van der Waals surface area contributed by atoms with Gasteiger partial charge in [0.05, 0.1) is 39.9 Å². The third kappa shape index (κ3) is 29.7. The minimum Gasteiger partial charge on any atom is -0.391 e. The van der Waals surface area contributed by atoms with Gasteiger partial charge in [0.2, 0.25) is 5.91 Å². The zero-order chi connectivity index (χ0) is 32.9. The minimum absolute atomic E-state index is 0.0715. The third-order valence-corrected chi connectivity index (χ3v) is 8.69. The van der Waals surface area contributed by atoms with E-state index >= 15 is 0 Å². The molecule has 0 aromatic heterocycles. The minimum atomic E-state index is -4.29. The molecular weight excluding hydrogens is 575 g/mol. The van der Waals surface area contributed by atoms with Gasteiger partial charge in [-0.3, -0.25) is 13.8 Å². The summed E-state index contributed by atoms with van der Waals surface area (Å²) in [5, 5.41) is 13.6. The molecule has 0 aliphatic rings. The van der Waals surface area contributed by atoms with Crippen LogP contribution in [0.3, 0.4) is 0 Å². The number of phosphoric ester groups is 1. The van der Waals surface area contributed by atoms with E-state index in [1.165, 1.54) is 57.8 Å². The van der Waals surface area contributed by atoms with Gasteiger partial charge < -0.3 is 19.8 Å². The fraction of sp³-hybridized carbons (Fsp3) is 0.857. The highest BCUT2D eigenvalue weighted by molar-refractivity contribution is 7.47. The molecule has 0 fully saturated rings. The Bertz CT molecular complexity index is 784. The lowest BCUT2D eigenvalue weighted by atomic mass is 10.0. The highest BCUT2D eigenvalue weighted by atomic mass is 31.2. The van der Waals surface area contributed by atoms with Crippen molar-refractivity contribution < 1.29 is 32.9 Å². The molecule has 0 bridgehead atoms. The average Bonchev–Trinajstić information content (AvgIpc) is 2.96. The molecule has 0 aromatic rings. The summed E-state index contributed by atoms with van der Waals surface area (Å²) in [5.74, 6) is -0.164. The van der Waals surface area contributed by atoms with Crippen molar-refractivity contribution in [1.82, 2.24) is 5.32 Å². The summed E-state index contributed by atoms with van der Waals surface area (Å²) in [7, 11) is 1.60. The summed E-state index contributed by atoms with van der Waals surface area (Å²) in [6.07, 6.45) is 29.6. The summed E-state index contributed by atoms with van der Waals surface area (Å²) in [4.78, 5) is 22.8. The first-order valence-corrected chi connectivity index (χ1v) is 19.2. The fourth-order valence-electron chi connectivity index (χ4n) is 4.78. The number of rotatable bonds is 31. The summed E-state index contributed by atoms with van der Waals surface area (Å²) in [5.41, 5.74) is 0. The Kier molecular flexibility index (Phi) is 27.6. The van der Waals surface area contributed by atoms with Gasteiger partial charge in [0.25, 0.3) is 0 Å². The highest BCUT2D eigenvalue weighted by Gasteiger charge is 2.28. The van der Waals surface area contributed by atoms with Gasteiger partial charge in [0.15, 0.2) is 0 Å². The third-order valence-electron chi connectivity index (χ3n) is 7.70. The summed E-state index contributed by atoms with van der Waals surface area (Å²) < 4.78 is 23.3. The Morgan fingerprint density at radius 2 is 1.30 bits per heavy atom. The number of carbonyl (C=O) groups is 1. The van der Waals surface area contributed by atoms with Crippen molar-refractivity contribution in [2.75, 3.05) is 40.9 Å². The largest absolute Gasteiger partial charge is 0.472 e. The molecule has 0 radical (unpaired) electrons. The lowest BCUT2D eigenvalue weighted by Crippen LogP contribution is -2.46. The Labute approximate surface area is 271 Å². The van der Waals surface area contributed by atoms with Crippen molar-refractivity contribution in [3.05, 3.63) is 24.3 Å². The van der Waals surface area contributed by atoms with Crippen LogP contribution in [-0.4, -0.2) is 73.4 Å². The van der Waals surface area contributed by atoms with Crippen LogP contribution in [0.5, 0.6) is 0 Å². The second-order valence-corrected chi connectivity index (χ2v) is 14.7. The predicted octanol–water partition coefficient (Wildman–Crippen LogP) is 8.63. The number of nitrogens with one attached hydrogen (secondary N) is 1. The number of aliphatic hydroxyl groups excluding tert-OH is 1. The van der Waals surface area contributed by atoms with E-state index in [1.54, 1.807) is 0 Å². The molecule has 260 valence electrons. The van der Waals surface area contributed by atoms with Gasteiger partial charge in [0.1, 0.15) is 13.2 Å². The lowest BCUT2D eigenvalue weighted by molar-refractivity contribution is -0.870. The molecule has 3 unspecified atom stereocenters. The second-order valence-electron chi connectivity index (χ2n) is 13.2. The lowest BCUT2D eigenvalue weighted by Gasteiger charge is -2.26. The summed E-state index contributed by atoms with van der Waals surface area (Å²) in [6, 6.07) is -0.757. The Morgan fingerprint density at radius 1 is 0.773 bits per heavy atom. The van der Waals surface area contributed by atoms with Crippen LogP contribution >= 0.6 is 7.82 Å². The van der Waals surface area contributed by atoms with E-state index < -0.39 is 20.0 Å². The van der Waals surface area contributed by atoms with Crippen molar-refractivity contribution >= 4 is 13.7 Å². The molecule has 0 aromatic carbocycles. The van der Waals surface area contributed by atoms with Gasteiger partial charge >= 0.3 is 7.82 Å².